The van der Waals surface area contributed by atoms with Crippen LogP contribution in [0.5, 0.6) is 0 Å². The standard InChI is InChI=1S/C15H27N3O2/c1-3-8-12(16)11-13-17-14(18-20-13)15(19-2)9-6-4-5-7-10-15/h12H,3-11,16H2,1-2H3. The summed E-state index contributed by atoms with van der Waals surface area (Å²) in [6.07, 6.45) is 9.50. The zero-order valence-corrected chi connectivity index (χ0v) is 12.7. The maximum Gasteiger partial charge on any atom is 0.228 e. The predicted octanol–water partition coefficient (Wildman–Crippen LogP) is 2.94. The minimum Gasteiger partial charge on any atom is -0.370 e. The van der Waals surface area contributed by atoms with Gasteiger partial charge in [0.15, 0.2) is 0 Å². The lowest BCUT2D eigenvalue weighted by molar-refractivity contribution is -0.0365. The normalized spacial score (nSPS) is 20.6. The van der Waals surface area contributed by atoms with Crippen molar-refractivity contribution >= 4 is 0 Å². The zero-order chi connectivity index (χ0) is 14.4. The minimum atomic E-state index is -0.354. The fourth-order valence-corrected chi connectivity index (χ4v) is 3.04. The molecule has 20 heavy (non-hydrogen) atoms. The van der Waals surface area contributed by atoms with Crippen molar-refractivity contribution in [3.05, 3.63) is 11.7 Å². The van der Waals surface area contributed by atoms with E-state index < -0.39 is 0 Å². The van der Waals surface area contributed by atoms with Crippen LogP contribution in [0.1, 0.15) is 70.0 Å². The fourth-order valence-electron chi connectivity index (χ4n) is 3.04. The van der Waals surface area contributed by atoms with E-state index in [0.717, 1.165) is 38.5 Å². The minimum absolute atomic E-state index is 0.0981. The lowest BCUT2D eigenvalue weighted by Gasteiger charge is -2.27. The average molecular weight is 281 g/mol. The van der Waals surface area contributed by atoms with Crippen molar-refractivity contribution < 1.29 is 9.26 Å². The van der Waals surface area contributed by atoms with Gasteiger partial charge in [0.1, 0.15) is 5.60 Å². The van der Waals surface area contributed by atoms with E-state index in [4.69, 9.17) is 15.0 Å². The molecule has 1 aliphatic rings. The first kappa shape index (κ1) is 15.4. The summed E-state index contributed by atoms with van der Waals surface area (Å²) >= 11 is 0. The van der Waals surface area contributed by atoms with Crippen LogP contribution < -0.4 is 5.73 Å². The predicted molar refractivity (Wildman–Crippen MR) is 77.3 cm³/mol. The molecular weight excluding hydrogens is 254 g/mol. The number of nitrogens with two attached hydrogens (primary N) is 1. The molecule has 0 saturated heterocycles. The molecule has 1 unspecified atom stereocenters. The maximum absolute atomic E-state index is 6.04. The third-order valence-corrected chi connectivity index (χ3v) is 4.27. The molecule has 1 fully saturated rings. The fraction of sp³-hybridized carbons (Fsp3) is 0.867. The van der Waals surface area contributed by atoms with Gasteiger partial charge >= 0.3 is 0 Å². The molecule has 1 atom stereocenters. The van der Waals surface area contributed by atoms with E-state index in [1.165, 1.54) is 12.8 Å². The number of methoxy groups -OCH3 is 1. The lowest BCUT2D eigenvalue weighted by atomic mass is 9.93. The van der Waals surface area contributed by atoms with Gasteiger partial charge < -0.3 is 15.0 Å². The number of nitrogens with zero attached hydrogens (tertiary/aromatic N) is 2. The van der Waals surface area contributed by atoms with E-state index in [1.807, 2.05) is 0 Å². The van der Waals surface area contributed by atoms with Gasteiger partial charge in [0.25, 0.3) is 0 Å². The smallest absolute Gasteiger partial charge is 0.228 e. The second-order valence-corrected chi connectivity index (χ2v) is 5.88. The Labute approximate surface area is 121 Å². The van der Waals surface area contributed by atoms with Crippen LogP contribution >= 0.6 is 0 Å². The van der Waals surface area contributed by atoms with Gasteiger partial charge in [0.2, 0.25) is 11.7 Å². The van der Waals surface area contributed by atoms with Crippen LogP contribution in [-0.2, 0) is 16.8 Å². The van der Waals surface area contributed by atoms with Gasteiger partial charge in [-0.15, -0.1) is 0 Å². The van der Waals surface area contributed by atoms with Crippen LogP contribution in [-0.4, -0.2) is 23.3 Å². The molecule has 0 spiro atoms. The van der Waals surface area contributed by atoms with Crippen molar-refractivity contribution in [1.29, 1.82) is 0 Å². The Morgan fingerprint density at radius 3 is 2.60 bits per heavy atom. The second-order valence-electron chi connectivity index (χ2n) is 5.88. The SMILES string of the molecule is CCCC(N)Cc1nc(C2(OC)CCCCCC2)no1. The molecular formula is C15H27N3O2. The Bertz CT molecular complexity index is 398. The highest BCUT2D eigenvalue weighted by atomic mass is 16.5. The van der Waals surface area contributed by atoms with E-state index in [9.17, 15) is 0 Å². The largest absolute Gasteiger partial charge is 0.370 e. The molecule has 0 bridgehead atoms. The first-order valence-electron chi connectivity index (χ1n) is 7.84. The summed E-state index contributed by atoms with van der Waals surface area (Å²) in [4.78, 5) is 4.56. The summed E-state index contributed by atoms with van der Waals surface area (Å²) in [5.74, 6) is 1.35. The van der Waals surface area contributed by atoms with Crippen LogP contribution in [0.25, 0.3) is 0 Å². The van der Waals surface area contributed by atoms with Crippen molar-refractivity contribution in [3.63, 3.8) is 0 Å². The molecule has 5 heteroatoms. The molecule has 2 rings (SSSR count). The van der Waals surface area contributed by atoms with Crippen molar-refractivity contribution in [2.75, 3.05) is 7.11 Å². The number of rotatable bonds is 6. The molecule has 5 nitrogen and oxygen atoms in total. The van der Waals surface area contributed by atoms with Gasteiger partial charge in [-0.1, -0.05) is 44.2 Å². The Kier molecular flexibility index (Phi) is 5.54. The Balaban J connectivity index is 2.08. The van der Waals surface area contributed by atoms with E-state index in [1.54, 1.807) is 7.11 Å². The van der Waals surface area contributed by atoms with Crippen molar-refractivity contribution in [2.24, 2.45) is 5.73 Å². The monoisotopic (exact) mass is 281 g/mol. The van der Waals surface area contributed by atoms with E-state index in [0.29, 0.717) is 18.1 Å². The van der Waals surface area contributed by atoms with Crippen molar-refractivity contribution in [2.45, 2.75) is 76.4 Å². The quantitative estimate of drug-likeness (QED) is 0.811. The Hall–Kier alpha value is -0.940. The molecule has 0 radical (unpaired) electrons. The molecule has 2 N–H and O–H groups in total. The average Bonchev–Trinajstić information content (AvgIpc) is 2.76. The second kappa shape index (κ2) is 7.18. The van der Waals surface area contributed by atoms with Crippen LogP contribution in [0.4, 0.5) is 0 Å². The first-order chi connectivity index (χ1) is 9.70. The molecule has 0 amide bonds. The van der Waals surface area contributed by atoms with Gasteiger partial charge in [0, 0.05) is 19.6 Å². The third kappa shape index (κ3) is 3.58. The van der Waals surface area contributed by atoms with Gasteiger partial charge in [-0.3, -0.25) is 0 Å². The van der Waals surface area contributed by atoms with E-state index in [-0.39, 0.29) is 11.6 Å². The summed E-state index contributed by atoms with van der Waals surface area (Å²) in [6, 6.07) is 0.0981. The molecule has 0 aromatic carbocycles. The number of hydrogen-bond acceptors (Lipinski definition) is 5. The van der Waals surface area contributed by atoms with E-state index in [2.05, 4.69) is 17.1 Å². The number of aromatic nitrogens is 2. The van der Waals surface area contributed by atoms with Gasteiger partial charge in [-0.05, 0) is 19.3 Å². The molecule has 114 valence electrons. The Morgan fingerprint density at radius 2 is 2.00 bits per heavy atom. The van der Waals surface area contributed by atoms with Crippen molar-refractivity contribution in [1.82, 2.24) is 10.1 Å². The Morgan fingerprint density at radius 1 is 1.30 bits per heavy atom. The summed E-state index contributed by atoms with van der Waals surface area (Å²) in [7, 11) is 1.75. The zero-order valence-electron chi connectivity index (χ0n) is 12.7. The highest BCUT2D eigenvalue weighted by Crippen LogP contribution is 2.37. The van der Waals surface area contributed by atoms with Crippen LogP contribution in [0, 0.1) is 0 Å². The van der Waals surface area contributed by atoms with Gasteiger partial charge in [-0.2, -0.15) is 4.98 Å². The molecule has 1 saturated carbocycles. The van der Waals surface area contributed by atoms with Gasteiger partial charge in [-0.25, -0.2) is 0 Å². The summed E-state index contributed by atoms with van der Waals surface area (Å²) in [5, 5.41) is 4.17. The molecule has 1 aromatic heterocycles. The summed E-state index contributed by atoms with van der Waals surface area (Å²) in [5.41, 5.74) is 5.68. The highest BCUT2D eigenvalue weighted by Gasteiger charge is 2.37. The maximum atomic E-state index is 6.04. The van der Waals surface area contributed by atoms with Gasteiger partial charge in [0.05, 0.1) is 0 Å². The van der Waals surface area contributed by atoms with Crippen molar-refractivity contribution in [3.8, 4) is 0 Å². The molecule has 0 aliphatic heterocycles. The van der Waals surface area contributed by atoms with E-state index >= 15 is 0 Å². The van der Waals surface area contributed by atoms with Crippen LogP contribution in [0.2, 0.25) is 0 Å². The highest BCUT2D eigenvalue weighted by molar-refractivity contribution is 5.03. The number of hydrogen-bond donors (Lipinski definition) is 1. The molecule has 1 aliphatic carbocycles. The summed E-state index contributed by atoms with van der Waals surface area (Å²) < 4.78 is 11.2. The van der Waals surface area contributed by atoms with Crippen LogP contribution in [0.3, 0.4) is 0 Å². The molecule has 1 aromatic rings. The topological polar surface area (TPSA) is 74.2 Å². The molecule has 1 heterocycles. The first-order valence-corrected chi connectivity index (χ1v) is 7.84. The summed E-state index contributed by atoms with van der Waals surface area (Å²) in [6.45, 7) is 2.13. The number of ether oxygens (including phenoxy) is 1. The lowest BCUT2D eigenvalue weighted by Crippen LogP contribution is -2.29. The third-order valence-electron chi connectivity index (χ3n) is 4.27. The van der Waals surface area contributed by atoms with Crippen LogP contribution in [0.15, 0.2) is 4.52 Å².